The van der Waals surface area contributed by atoms with Crippen molar-refractivity contribution in [3.8, 4) is 0 Å². The van der Waals surface area contributed by atoms with Crippen LogP contribution < -0.4 is 5.73 Å². The van der Waals surface area contributed by atoms with Crippen molar-refractivity contribution in [2.45, 2.75) is 6.54 Å². The summed E-state index contributed by atoms with van der Waals surface area (Å²) in [4.78, 5) is 23.9. The summed E-state index contributed by atoms with van der Waals surface area (Å²) in [6.07, 6.45) is 0. The molecule has 104 valence electrons. The Hall–Kier alpha value is -2.41. The molecule has 7 heteroatoms. The molecule has 0 atom stereocenters. The van der Waals surface area contributed by atoms with Crippen LogP contribution in [0.1, 0.15) is 15.9 Å². The molecule has 2 rings (SSSR count). The smallest absolute Gasteiger partial charge is 0.292 e. The van der Waals surface area contributed by atoms with Gasteiger partial charge in [0, 0.05) is 25.2 Å². The van der Waals surface area contributed by atoms with Crippen LogP contribution >= 0.6 is 11.3 Å². The zero-order valence-electron chi connectivity index (χ0n) is 10.8. The summed E-state index contributed by atoms with van der Waals surface area (Å²) in [5.74, 6) is -0.224. The molecular weight excluding hydrogens is 278 g/mol. The van der Waals surface area contributed by atoms with Crippen molar-refractivity contribution >= 4 is 28.6 Å². The molecule has 6 nitrogen and oxygen atoms in total. The maximum atomic E-state index is 12.2. The summed E-state index contributed by atoms with van der Waals surface area (Å²) in [5, 5.41) is 14.6. The maximum Gasteiger partial charge on any atom is 0.292 e. The molecule has 0 unspecified atom stereocenters. The SMILES string of the molecule is CN(Cc1ccsc1)C(=O)c1ccc([N+](=O)[O-])c(N)c1. The average Bonchev–Trinajstić information content (AvgIpc) is 2.90. The van der Waals surface area contributed by atoms with Crippen LogP contribution in [0.15, 0.2) is 35.0 Å². The van der Waals surface area contributed by atoms with E-state index in [1.54, 1.807) is 23.3 Å². The quantitative estimate of drug-likeness (QED) is 0.532. The van der Waals surface area contributed by atoms with Gasteiger partial charge in [-0.15, -0.1) is 0 Å². The minimum Gasteiger partial charge on any atom is -0.393 e. The molecule has 0 saturated heterocycles. The van der Waals surface area contributed by atoms with Crippen molar-refractivity contribution < 1.29 is 9.72 Å². The minimum atomic E-state index is -0.571. The van der Waals surface area contributed by atoms with Crippen LogP contribution in [-0.2, 0) is 6.54 Å². The van der Waals surface area contributed by atoms with Crippen LogP contribution in [-0.4, -0.2) is 22.8 Å². The summed E-state index contributed by atoms with van der Waals surface area (Å²) >= 11 is 1.56. The molecule has 20 heavy (non-hydrogen) atoms. The number of anilines is 1. The van der Waals surface area contributed by atoms with Gasteiger partial charge < -0.3 is 10.6 Å². The van der Waals surface area contributed by atoms with E-state index in [-0.39, 0.29) is 17.3 Å². The molecule has 0 fully saturated rings. The summed E-state index contributed by atoms with van der Waals surface area (Å²) < 4.78 is 0. The van der Waals surface area contributed by atoms with Gasteiger partial charge in [0.15, 0.2) is 0 Å². The first-order valence-corrected chi connectivity index (χ1v) is 6.74. The maximum absolute atomic E-state index is 12.2. The van der Waals surface area contributed by atoms with Crippen LogP contribution in [0.2, 0.25) is 0 Å². The van der Waals surface area contributed by atoms with E-state index < -0.39 is 4.92 Å². The number of benzene rings is 1. The lowest BCUT2D eigenvalue weighted by molar-refractivity contribution is -0.383. The number of nitrogen functional groups attached to an aromatic ring is 1. The number of nitrogens with zero attached hydrogens (tertiary/aromatic N) is 2. The van der Waals surface area contributed by atoms with Crippen molar-refractivity contribution in [1.29, 1.82) is 0 Å². The third-order valence-electron chi connectivity index (χ3n) is 2.82. The van der Waals surface area contributed by atoms with Gasteiger partial charge in [0.25, 0.3) is 11.6 Å². The Morgan fingerprint density at radius 1 is 1.45 bits per heavy atom. The van der Waals surface area contributed by atoms with E-state index in [1.165, 1.54) is 18.2 Å². The fourth-order valence-corrected chi connectivity index (χ4v) is 2.46. The van der Waals surface area contributed by atoms with Crippen molar-refractivity contribution in [3.63, 3.8) is 0 Å². The number of rotatable bonds is 4. The summed E-state index contributed by atoms with van der Waals surface area (Å²) in [6, 6.07) is 5.95. The van der Waals surface area contributed by atoms with Crippen LogP contribution in [0, 0.1) is 10.1 Å². The van der Waals surface area contributed by atoms with E-state index in [4.69, 9.17) is 5.73 Å². The van der Waals surface area contributed by atoms with Crippen molar-refractivity contribution in [3.05, 3.63) is 56.3 Å². The summed E-state index contributed by atoms with van der Waals surface area (Å²) in [5.41, 5.74) is 6.76. The lowest BCUT2D eigenvalue weighted by Crippen LogP contribution is -2.26. The minimum absolute atomic E-state index is 0.00946. The molecular formula is C13H13N3O3S. The van der Waals surface area contributed by atoms with Crippen LogP contribution in [0.25, 0.3) is 0 Å². The normalized spacial score (nSPS) is 10.2. The van der Waals surface area contributed by atoms with E-state index >= 15 is 0 Å². The highest BCUT2D eigenvalue weighted by atomic mass is 32.1. The highest BCUT2D eigenvalue weighted by molar-refractivity contribution is 7.07. The van der Waals surface area contributed by atoms with Gasteiger partial charge in [-0.2, -0.15) is 11.3 Å². The lowest BCUT2D eigenvalue weighted by atomic mass is 10.1. The monoisotopic (exact) mass is 291 g/mol. The van der Waals surface area contributed by atoms with E-state index in [2.05, 4.69) is 0 Å². The van der Waals surface area contributed by atoms with Crippen LogP contribution in [0.4, 0.5) is 11.4 Å². The predicted octanol–water partition coefficient (Wildman–Crippen LogP) is 2.51. The Morgan fingerprint density at radius 2 is 2.20 bits per heavy atom. The second-order valence-corrected chi connectivity index (χ2v) is 5.10. The van der Waals surface area contributed by atoms with Gasteiger partial charge in [-0.1, -0.05) is 0 Å². The van der Waals surface area contributed by atoms with E-state index in [0.717, 1.165) is 5.56 Å². The Labute approximate surface area is 119 Å². The third kappa shape index (κ3) is 2.94. The van der Waals surface area contributed by atoms with Gasteiger partial charge in [0.2, 0.25) is 0 Å². The van der Waals surface area contributed by atoms with Gasteiger partial charge in [-0.05, 0) is 34.5 Å². The topological polar surface area (TPSA) is 89.5 Å². The number of thiophene rings is 1. The van der Waals surface area contributed by atoms with Gasteiger partial charge in [-0.3, -0.25) is 14.9 Å². The number of amides is 1. The summed E-state index contributed by atoms with van der Waals surface area (Å²) in [7, 11) is 1.68. The number of nitro benzene ring substituents is 1. The molecule has 0 aliphatic rings. The largest absolute Gasteiger partial charge is 0.393 e. The lowest BCUT2D eigenvalue weighted by Gasteiger charge is -2.16. The molecule has 2 aromatic rings. The highest BCUT2D eigenvalue weighted by Crippen LogP contribution is 2.23. The number of carbonyl (C=O) groups excluding carboxylic acids is 1. The van der Waals surface area contributed by atoms with Crippen molar-refractivity contribution in [2.24, 2.45) is 0 Å². The molecule has 0 saturated carbocycles. The number of nitrogens with two attached hydrogens (primary N) is 1. The zero-order valence-corrected chi connectivity index (χ0v) is 11.6. The van der Waals surface area contributed by atoms with Gasteiger partial charge in [0.1, 0.15) is 5.69 Å². The number of hydrogen-bond acceptors (Lipinski definition) is 5. The number of carbonyl (C=O) groups is 1. The second kappa shape index (κ2) is 5.70. The molecule has 0 aliphatic carbocycles. The predicted molar refractivity (Wildman–Crippen MR) is 77.6 cm³/mol. The highest BCUT2D eigenvalue weighted by Gasteiger charge is 2.17. The molecule has 1 amide bonds. The van der Waals surface area contributed by atoms with Crippen molar-refractivity contribution in [1.82, 2.24) is 4.90 Å². The second-order valence-electron chi connectivity index (χ2n) is 4.32. The molecule has 0 bridgehead atoms. The average molecular weight is 291 g/mol. The Morgan fingerprint density at radius 3 is 2.75 bits per heavy atom. The molecule has 2 N–H and O–H groups in total. The first kappa shape index (κ1) is 14.0. The number of nitro groups is 1. The van der Waals surface area contributed by atoms with Gasteiger partial charge in [0.05, 0.1) is 4.92 Å². The molecule has 0 spiro atoms. The fourth-order valence-electron chi connectivity index (χ4n) is 1.80. The Kier molecular flexibility index (Phi) is 3.99. The molecule has 1 heterocycles. The molecule has 1 aromatic carbocycles. The van der Waals surface area contributed by atoms with Crippen LogP contribution in [0.5, 0.6) is 0 Å². The van der Waals surface area contributed by atoms with Crippen LogP contribution in [0.3, 0.4) is 0 Å². The summed E-state index contributed by atoms with van der Waals surface area (Å²) in [6.45, 7) is 0.485. The van der Waals surface area contributed by atoms with Gasteiger partial charge >= 0.3 is 0 Å². The zero-order chi connectivity index (χ0) is 14.7. The standard InChI is InChI=1S/C13H13N3O3S/c1-15(7-9-4-5-20-8-9)13(17)10-2-3-12(16(18)19)11(14)6-10/h2-6,8H,7,14H2,1H3. The third-order valence-corrected chi connectivity index (χ3v) is 3.55. The van der Waals surface area contributed by atoms with Gasteiger partial charge in [-0.25, -0.2) is 0 Å². The molecule has 1 aromatic heterocycles. The first-order valence-electron chi connectivity index (χ1n) is 5.79. The van der Waals surface area contributed by atoms with Crippen molar-refractivity contribution in [2.75, 3.05) is 12.8 Å². The van der Waals surface area contributed by atoms with E-state index in [0.29, 0.717) is 12.1 Å². The van der Waals surface area contributed by atoms with E-state index in [9.17, 15) is 14.9 Å². The Bertz CT molecular complexity index is 640. The Balaban J connectivity index is 2.16. The fraction of sp³-hybridized carbons (Fsp3) is 0.154. The van der Waals surface area contributed by atoms with E-state index in [1.807, 2.05) is 16.8 Å². The first-order chi connectivity index (χ1) is 9.49. The number of hydrogen-bond donors (Lipinski definition) is 1. The molecule has 0 aliphatic heterocycles. The molecule has 0 radical (unpaired) electrons.